The molecule has 1 unspecified atom stereocenters. The normalized spacial score (nSPS) is 13.3. The first-order chi connectivity index (χ1) is 9.85. The van der Waals surface area contributed by atoms with Crippen molar-refractivity contribution in [1.29, 1.82) is 0 Å². The maximum Gasteiger partial charge on any atom is 0.215 e. The average Bonchev–Trinajstić information content (AvgIpc) is 2.82. The zero-order valence-electron chi connectivity index (χ0n) is 11.4. The third-order valence-electron chi connectivity index (χ3n) is 2.83. The lowest BCUT2D eigenvalue weighted by molar-refractivity contribution is 0.152. The fraction of sp³-hybridized carbons (Fsp3) is 0.286. The van der Waals surface area contributed by atoms with E-state index in [0.717, 1.165) is 6.07 Å². The van der Waals surface area contributed by atoms with Gasteiger partial charge in [-0.15, -0.1) is 0 Å². The number of hydrogen-bond donors (Lipinski definition) is 2. The highest BCUT2D eigenvalue weighted by atomic mass is 32.2. The summed E-state index contributed by atoms with van der Waals surface area (Å²) in [6.07, 6.45) is -1.07. The van der Waals surface area contributed by atoms with Crippen LogP contribution in [0.25, 0.3) is 0 Å². The number of aliphatic hydroxyl groups excluding tert-OH is 1. The Hall–Kier alpha value is -1.70. The van der Waals surface area contributed by atoms with Gasteiger partial charge in [0.05, 0.1) is 5.75 Å². The first kappa shape index (κ1) is 15.7. The third kappa shape index (κ3) is 4.66. The first-order valence-electron chi connectivity index (χ1n) is 6.32. The SMILES string of the molecule is Cc1ccc(C(O)CNS(=O)(=O)Cc2cccc(F)c2)o1. The van der Waals surface area contributed by atoms with E-state index in [1.807, 2.05) is 0 Å². The molecule has 114 valence electrons. The molecule has 0 saturated carbocycles. The molecule has 1 heterocycles. The molecule has 0 radical (unpaired) electrons. The van der Waals surface area contributed by atoms with Gasteiger partial charge in [-0.05, 0) is 36.8 Å². The van der Waals surface area contributed by atoms with Crippen LogP contribution in [0.2, 0.25) is 0 Å². The van der Waals surface area contributed by atoms with Crippen LogP contribution in [0.15, 0.2) is 40.8 Å². The maximum atomic E-state index is 13.0. The number of nitrogens with one attached hydrogen (secondary N) is 1. The first-order valence-corrected chi connectivity index (χ1v) is 7.97. The summed E-state index contributed by atoms with van der Waals surface area (Å²) in [5.74, 6) is 0.0794. The quantitative estimate of drug-likeness (QED) is 0.853. The summed E-state index contributed by atoms with van der Waals surface area (Å²) in [5, 5.41) is 9.83. The van der Waals surface area contributed by atoms with Crippen molar-refractivity contribution in [1.82, 2.24) is 4.72 Å². The topological polar surface area (TPSA) is 79.5 Å². The summed E-state index contributed by atoms with van der Waals surface area (Å²) in [7, 11) is -3.67. The third-order valence-corrected chi connectivity index (χ3v) is 4.15. The van der Waals surface area contributed by atoms with Gasteiger partial charge < -0.3 is 9.52 Å². The summed E-state index contributed by atoms with van der Waals surface area (Å²) >= 11 is 0. The molecule has 0 fully saturated rings. The second-order valence-electron chi connectivity index (χ2n) is 4.70. The van der Waals surface area contributed by atoms with Gasteiger partial charge >= 0.3 is 0 Å². The molecule has 1 atom stereocenters. The molecular formula is C14H16FNO4S. The van der Waals surface area contributed by atoms with Crippen molar-refractivity contribution < 1.29 is 22.3 Å². The van der Waals surface area contributed by atoms with Crippen LogP contribution in [0.3, 0.4) is 0 Å². The van der Waals surface area contributed by atoms with Crippen molar-refractivity contribution in [3.05, 3.63) is 59.3 Å². The fourth-order valence-corrected chi connectivity index (χ4v) is 2.97. The zero-order chi connectivity index (χ0) is 15.5. The predicted molar refractivity (Wildman–Crippen MR) is 75.4 cm³/mol. The molecule has 21 heavy (non-hydrogen) atoms. The lowest BCUT2D eigenvalue weighted by Gasteiger charge is -2.10. The Labute approximate surface area is 122 Å². The number of rotatable bonds is 6. The van der Waals surface area contributed by atoms with Crippen LogP contribution >= 0.6 is 0 Å². The number of halogens is 1. The van der Waals surface area contributed by atoms with E-state index >= 15 is 0 Å². The molecule has 0 aliphatic heterocycles. The molecular weight excluding hydrogens is 297 g/mol. The Bertz CT molecular complexity index is 711. The van der Waals surface area contributed by atoms with E-state index < -0.39 is 21.9 Å². The van der Waals surface area contributed by atoms with Crippen LogP contribution in [0.1, 0.15) is 23.2 Å². The predicted octanol–water partition coefficient (Wildman–Crippen LogP) is 1.88. The second-order valence-corrected chi connectivity index (χ2v) is 6.51. The van der Waals surface area contributed by atoms with Gasteiger partial charge in [0.25, 0.3) is 0 Å². The Morgan fingerprint density at radius 1 is 1.33 bits per heavy atom. The number of sulfonamides is 1. The summed E-state index contributed by atoms with van der Waals surface area (Å²) in [6, 6.07) is 8.63. The van der Waals surface area contributed by atoms with E-state index in [9.17, 15) is 17.9 Å². The van der Waals surface area contributed by atoms with Gasteiger partial charge in [-0.25, -0.2) is 17.5 Å². The molecule has 0 aliphatic rings. The van der Waals surface area contributed by atoms with E-state index in [0.29, 0.717) is 17.1 Å². The Balaban J connectivity index is 1.95. The molecule has 2 N–H and O–H groups in total. The molecule has 1 aromatic heterocycles. The molecule has 0 amide bonds. The highest BCUT2D eigenvalue weighted by molar-refractivity contribution is 7.88. The van der Waals surface area contributed by atoms with Crippen LogP contribution < -0.4 is 4.72 Å². The molecule has 0 spiro atoms. The minimum absolute atomic E-state index is 0.204. The number of furan rings is 1. The van der Waals surface area contributed by atoms with Crippen LogP contribution in [0.5, 0.6) is 0 Å². The van der Waals surface area contributed by atoms with E-state index in [-0.39, 0.29) is 12.3 Å². The van der Waals surface area contributed by atoms with Gasteiger partial charge in [0.1, 0.15) is 23.4 Å². The number of aryl methyl sites for hydroxylation is 1. The van der Waals surface area contributed by atoms with Crippen molar-refractivity contribution in [3.8, 4) is 0 Å². The van der Waals surface area contributed by atoms with Crippen LogP contribution in [0.4, 0.5) is 4.39 Å². The highest BCUT2D eigenvalue weighted by Gasteiger charge is 2.17. The van der Waals surface area contributed by atoms with Crippen molar-refractivity contribution in [2.24, 2.45) is 0 Å². The molecule has 1 aromatic carbocycles. The Morgan fingerprint density at radius 3 is 2.71 bits per heavy atom. The fourth-order valence-electron chi connectivity index (χ4n) is 1.84. The second kappa shape index (κ2) is 6.38. The zero-order valence-corrected chi connectivity index (χ0v) is 12.2. The van der Waals surface area contributed by atoms with Gasteiger partial charge in [0, 0.05) is 6.54 Å². The number of benzene rings is 1. The number of aliphatic hydroxyl groups is 1. The van der Waals surface area contributed by atoms with Crippen LogP contribution in [-0.2, 0) is 15.8 Å². The Morgan fingerprint density at radius 2 is 2.10 bits per heavy atom. The lowest BCUT2D eigenvalue weighted by atomic mass is 10.2. The van der Waals surface area contributed by atoms with E-state index in [1.165, 1.54) is 18.2 Å². The van der Waals surface area contributed by atoms with Gasteiger partial charge in [-0.2, -0.15) is 0 Å². The van der Waals surface area contributed by atoms with Crippen LogP contribution in [-0.4, -0.2) is 20.1 Å². The minimum Gasteiger partial charge on any atom is -0.464 e. The summed E-state index contributed by atoms with van der Waals surface area (Å²) in [6.45, 7) is 1.52. The van der Waals surface area contributed by atoms with Crippen molar-refractivity contribution in [2.75, 3.05) is 6.54 Å². The molecule has 0 saturated heterocycles. The summed E-state index contributed by atoms with van der Waals surface area (Å²) in [4.78, 5) is 0. The molecule has 7 heteroatoms. The van der Waals surface area contributed by atoms with Gasteiger partial charge in [0.2, 0.25) is 10.0 Å². The van der Waals surface area contributed by atoms with Crippen molar-refractivity contribution in [2.45, 2.75) is 18.8 Å². The highest BCUT2D eigenvalue weighted by Crippen LogP contribution is 2.16. The molecule has 0 bridgehead atoms. The smallest absolute Gasteiger partial charge is 0.215 e. The summed E-state index contributed by atoms with van der Waals surface area (Å²) < 4.78 is 44.3. The van der Waals surface area contributed by atoms with E-state index in [2.05, 4.69) is 4.72 Å². The monoisotopic (exact) mass is 313 g/mol. The van der Waals surface area contributed by atoms with E-state index in [4.69, 9.17) is 4.42 Å². The lowest BCUT2D eigenvalue weighted by Crippen LogP contribution is -2.29. The maximum absolute atomic E-state index is 13.0. The molecule has 5 nitrogen and oxygen atoms in total. The standard InChI is InChI=1S/C14H16FNO4S/c1-10-5-6-14(20-10)13(17)8-16-21(18,19)9-11-3-2-4-12(15)7-11/h2-7,13,16-17H,8-9H2,1H3. The summed E-state index contributed by atoms with van der Waals surface area (Å²) in [5.41, 5.74) is 0.339. The molecule has 0 aliphatic carbocycles. The van der Waals surface area contributed by atoms with Crippen molar-refractivity contribution >= 4 is 10.0 Å². The van der Waals surface area contributed by atoms with Gasteiger partial charge in [0.15, 0.2) is 0 Å². The Kier molecular flexibility index (Phi) is 4.76. The average molecular weight is 313 g/mol. The van der Waals surface area contributed by atoms with Crippen molar-refractivity contribution in [3.63, 3.8) is 0 Å². The van der Waals surface area contributed by atoms with Crippen LogP contribution in [0, 0.1) is 12.7 Å². The van der Waals surface area contributed by atoms with E-state index in [1.54, 1.807) is 19.1 Å². The largest absolute Gasteiger partial charge is 0.464 e. The van der Waals surface area contributed by atoms with Gasteiger partial charge in [-0.3, -0.25) is 0 Å². The molecule has 2 aromatic rings. The number of hydrogen-bond acceptors (Lipinski definition) is 4. The molecule has 2 rings (SSSR count). The minimum atomic E-state index is -3.67. The van der Waals surface area contributed by atoms with Gasteiger partial charge in [-0.1, -0.05) is 12.1 Å².